The van der Waals surface area contributed by atoms with E-state index in [9.17, 15) is 9.59 Å². The van der Waals surface area contributed by atoms with Crippen molar-refractivity contribution in [2.75, 3.05) is 53.8 Å². The van der Waals surface area contributed by atoms with Crippen LogP contribution in [0.25, 0.3) is 0 Å². The highest BCUT2D eigenvalue weighted by Gasteiger charge is 2.27. The van der Waals surface area contributed by atoms with Crippen molar-refractivity contribution >= 4 is 12.0 Å². The lowest BCUT2D eigenvalue weighted by Crippen LogP contribution is -2.50. The van der Waals surface area contributed by atoms with Gasteiger partial charge in [-0.2, -0.15) is 0 Å². The zero-order valence-electron chi connectivity index (χ0n) is 23.6. The normalized spacial score (nSPS) is 14.3. The van der Waals surface area contributed by atoms with Crippen molar-refractivity contribution in [3.8, 4) is 23.0 Å². The molecule has 2 amide bonds. The molecular weight excluding hydrogens is 530 g/mol. The first-order valence-corrected chi connectivity index (χ1v) is 13.6. The fourth-order valence-corrected chi connectivity index (χ4v) is 4.96. The number of carbonyl (C=O) groups excluding carboxylic acids is 2. The Kier molecular flexibility index (Phi) is 8.83. The molecule has 218 valence electrons. The van der Waals surface area contributed by atoms with Crippen LogP contribution in [0.1, 0.15) is 34.4 Å². The van der Waals surface area contributed by atoms with Gasteiger partial charge in [-0.05, 0) is 54.4 Å². The van der Waals surface area contributed by atoms with Crippen LogP contribution in [0.2, 0.25) is 0 Å². The van der Waals surface area contributed by atoms with Crippen molar-refractivity contribution in [2.24, 2.45) is 0 Å². The maximum Gasteiger partial charge on any atom is 0.409 e. The van der Waals surface area contributed by atoms with Crippen LogP contribution in [-0.2, 0) is 24.4 Å². The number of carbonyl (C=O) groups is 2. The van der Waals surface area contributed by atoms with Crippen LogP contribution in [0.4, 0.5) is 4.79 Å². The van der Waals surface area contributed by atoms with Gasteiger partial charge in [-0.15, -0.1) is 0 Å². The minimum absolute atomic E-state index is 0.193. The summed E-state index contributed by atoms with van der Waals surface area (Å²) in [5.41, 5.74) is 2.09. The first-order chi connectivity index (χ1) is 20.0. The first-order valence-electron chi connectivity index (χ1n) is 13.6. The van der Waals surface area contributed by atoms with E-state index in [0.717, 1.165) is 22.6 Å². The molecule has 2 aliphatic heterocycles. The molecule has 2 aliphatic rings. The second kappa shape index (κ2) is 12.9. The molecule has 41 heavy (non-hydrogen) atoms. The van der Waals surface area contributed by atoms with E-state index in [1.807, 2.05) is 42.5 Å². The summed E-state index contributed by atoms with van der Waals surface area (Å²) in [4.78, 5) is 30.7. The second-order valence-electron chi connectivity index (χ2n) is 9.77. The number of furan rings is 1. The average molecular weight is 566 g/mol. The Balaban J connectivity index is 1.29. The number of methoxy groups -OCH3 is 2. The second-order valence-corrected chi connectivity index (χ2v) is 9.77. The number of fused-ring (bicyclic) bond motifs is 1. The third-order valence-electron chi connectivity index (χ3n) is 7.04. The van der Waals surface area contributed by atoms with Gasteiger partial charge >= 0.3 is 6.09 Å². The van der Waals surface area contributed by atoms with Crippen LogP contribution in [0, 0.1) is 0 Å². The van der Waals surface area contributed by atoms with Gasteiger partial charge in [0.25, 0.3) is 5.91 Å². The fraction of sp³-hybridized carbons (Fsp3) is 0.400. The number of rotatable bonds is 10. The van der Waals surface area contributed by atoms with Crippen molar-refractivity contribution in [1.29, 1.82) is 0 Å². The lowest BCUT2D eigenvalue weighted by molar-refractivity contribution is 0.0543. The van der Waals surface area contributed by atoms with Crippen LogP contribution in [0.5, 0.6) is 23.0 Å². The summed E-state index contributed by atoms with van der Waals surface area (Å²) in [5, 5.41) is 0. The van der Waals surface area contributed by atoms with Gasteiger partial charge in [-0.25, -0.2) is 4.79 Å². The van der Waals surface area contributed by atoms with Crippen LogP contribution in [0.3, 0.4) is 0 Å². The molecule has 1 fully saturated rings. The van der Waals surface area contributed by atoms with Gasteiger partial charge < -0.3 is 37.9 Å². The monoisotopic (exact) mass is 565 g/mol. The minimum atomic E-state index is -0.350. The quantitative estimate of drug-likeness (QED) is 0.359. The van der Waals surface area contributed by atoms with Crippen LogP contribution in [0.15, 0.2) is 52.9 Å². The van der Waals surface area contributed by atoms with Gasteiger partial charge in [0.15, 0.2) is 28.8 Å². The molecule has 5 rings (SSSR count). The van der Waals surface area contributed by atoms with Gasteiger partial charge in [-0.1, -0.05) is 12.1 Å². The summed E-state index contributed by atoms with van der Waals surface area (Å²) in [7, 11) is 3.23. The van der Waals surface area contributed by atoms with E-state index in [1.54, 1.807) is 37.0 Å². The van der Waals surface area contributed by atoms with Crippen molar-refractivity contribution < 1.29 is 37.7 Å². The number of hydrogen-bond donors (Lipinski definition) is 0. The van der Waals surface area contributed by atoms with Crippen molar-refractivity contribution in [3.05, 3.63) is 71.2 Å². The number of amides is 2. The molecule has 0 bridgehead atoms. The molecule has 0 spiro atoms. The predicted octanol–water partition coefficient (Wildman–Crippen LogP) is 4.14. The molecule has 0 unspecified atom stereocenters. The molecule has 0 saturated carbocycles. The predicted molar refractivity (Wildman–Crippen MR) is 148 cm³/mol. The summed E-state index contributed by atoms with van der Waals surface area (Å²) >= 11 is 0. The number of hydrogen-bond acceptors (Lipinski definition) is 9. The van der Waals surface area contributed by atoms with Gasteiger partial charge in [-0.3, -0.25) is 9.69 Å². The van der Waals surface area contributed by atoms with Crippen LogP contribution < -0.4 is 18.9 Å². The third-order valence-corrected chi connectivity index (χ3v) is 7.04. The minimum Gasteiger partial charge on any atom is -0.493 e. The van der Waals surface area contributed by atoms with Crippen LogP contribution >= 0.6 is 0 Å². The molecule has 0 N–H and O–H groups in total. The van der Waals surface area contributed by atoms with Gasteiger partial charge in [0.2, 0.25) is 6.79 Å². The summed E-state index contributed by atoms with van der Waals surface area (Å²) < 4.78 is 33.0. The van der Waals surface area contributed by atoms with E-state index in [0.29, 0.717) is 69.7 Å². The maximum absolute atomic E-state index is 13.2. The Morgan fingerprint density at radius 2 is 1.49 bits per heavy atom. The third kappa shape index (κ3) is 6.68. The summed E-state index contributed by atoms with van der Waals surface area (Å²) in [6, 6.07) is 15.3. The fourth-order valence-electron chi connectivity index (χ4n) is 4.96. The highest BCUT2D eigenvalue weighted by atomic mass is 16.7. The molecule has 2 aromatic carbocycles. The Hall–Kier alpha value is -4.38. The molecule has 0 radical (unpaired) electrons. The summed E-state index contributed by atoms with van der Waals surface area (Å²) in [6.07, 6.45) is -0.350. The van der Waals surface area contributed by atoms with E-state index >= 15 is 0 Å². The molecular formula is C30H35N3O8. The topological polar surface area (TPSA) is 103 Å². The van der Waals surface area contributed by atoms with Gasteiger partial charge in [0.1, 0.15) is 5.76 Å². The molecule has 11 heteroatoms. The molecule has 3 heterocycles. The Morgan fingerprint density at radius 3 is 2.22 bits per heavy atom. The van der Waals surface area contributed by atoms with E-state index in [1.165, 1.54) is 0 Å². The zero-order chi connectivity index (χ0) is 28.8. The molecule has 3 aromatic rings. The van der Waals surface area contributed by atoms with Gasteiger partial charge in [0.05, 0.1) is 27.4 Å². The van der Waals surface area contributed by atoms with E-state index < -0.39 is 0 Å². The van der Waals surface area contributed by atoms with E-state index in [-0.39, 0.29) is 24.6 Å². The number of benzene rings is 2. The van der Waals surface area contributed by atoms with Crippen molar-refractivity contribution in [1.82, 2.24) is 14.7 Å². The SMILES string of the molecule is CCOC(=O)N1CCN(C(=O)c2ccc(CN(Cc3ccc(OC)c(OC)c3)Cc3ccc4c(c3)OCO4)o2)CC1. The Bertz CT molecular complexity index is 1370. The Morgan fingerprint density at radius 1 is 0.805 bits per heavy atom. The maximum atomic E-state index is 13.2. The van der Waals surface area contributed by atoms with Gasteiger partial charge in [0, 0.05) is 39.3 Å². The molecule has 1 aromatic heterocycles. The molecule has 11 nitrogen and oxygen atoms in total. The van der Waals surface area contributed by atoms with E-state index in [4.69, 9.17) is 28.1 Å². The largest absolute Gasteiger partial charge is 0.493 e. The highest BCUT2D eigenvalue weighted by Crippen LogP contribution is 2.33. The van der Waals surface area contributed by atoms with Crippen LogP contribution in [-0.4, -0.2) is 80.5 Å². The zero-order valence-corrected chi connectivity index (χ0v) is 23.6. The van der Waals surface area contributed by atoms with Crippen molar-refractivity contribution in [2.45, 2.75) is 26.6 Å². The molecule has 1 saturated heterocycles. The smallest absolute Gasteiger partial charge is 0.409 e. The number of piperazine rings is 1. The number of ether oxygens (including phenoxy) is 5. The molecule has 0 atom stereocenters. The highest BCUT2D eigenvalue weighted by molar-refractivity contribution is 5.91. The summed E-state index contributed by atoms with van der Waals surface area (Å²) in [5.74, 6) is 3.53. The standard InChI is InChI=1S/C30H35N3O8/c1-4-38-30(35)33-13-11-32(12-14-33)29(34)26-10-7-23(41-26)19-31(17-21-5-8-24(36-2)27(15-21)37-3)18-22-6-9-25-28(16-22)40-20-39-25/h5-10,15-16H,4,11-14,17-20H2,1-3H3. The van der Waals surface area contributed by atoms with Crippen molar-refractivity contribution in [3.63, 3.8) is 0 Å². The lowest BCUT2D eigenvalue weighted by atomic mass is 10.1. The Labute approximate surface area is 239 Å². The average Bonchev–Trinajstić information content (AvgIpc) is 3.66. The van der Waals surface area contributed by atoms with E-state index in [2.05, 4.69) is 4.90 Å². The summed E-state index contributed by atoms with van der Waals surface area (Å²) in [6.45, 7) is 5.66. The number of nitrogens with zero attached hydrogens (tertiary/aromatic N) is 3. The lowest BCUT2D eigenvalue weighted by Gasteiger charge is -2.33. The first kappa shape index (κ1) is 28.2. The molecule has 0 aliphatic carbocycles.